The zero-order chi connectivity index (χ0) is 11.7. The second-order valence-corrected chi connectivity index (χ2v) is 4.34. The van der Waals surface area contributed by atoms with Crippen molar-refractivity contribution in [3.05, 3.63) is 11.5 Å². The molecule has 0 aromatic carbocycles. The summed E-state index contributed by atoms with van der Waals surface area (Å²) < 4.78 is 5.73. The van der Waals surface area contributed by atoms with Crippen LogP contribution < -0.4 is 4.74 Å². The Morgan fingerprint density at radius 1 is 1.31 bits per heavy atom. The number of hydrogen-bond donors (Lipinski definition) is 1. The predicted molar refractivity (Wildman–Crippen MR) is 61.6 cm³/mol. The van der Waals surface area contributed by atoms with E-state index in [1.165, 1.54) is 0 Å². The van der Waals surface area contributed by atoms with Gasteiger partial charge >= 0.3 is 0 Å². The van der Waals surface area contributed by atoms with E-state index >= 15 is 0 Å². The SMILES string of the molecule is CC(C)C(C)Oc1nc(Cl)nc2[nH]ncc12. The number of aromatic amines is 1. The third-order valence-electron chi connectivity index (χ3n) is 2.48. The summed E-state index contributed by atoms with van der Waals surface area (Å²) in [5, 5.41) is 7.53. The van der Waals surface area contributed by atoms with Crippen LogP contribution in [-0.2, 0) is 0 Å². The molecule has 16 heavy (non-hydrogen) atoms. The third-order valence-corrected chi connectivity index (χ3v) is 2.65. The maximum absolute atomic E-state index is 5.79. The van der Waals surface area contributed by atoms with Crippen molar-refractivity contribution >= 4 is 22.6 Å². The number of nitrogens with zero attached hydrogens (tertiary/aromatic N) is 3. The van der Waals surface area contributed by atoms with Crippen LogP contribution >= 0.6 is 11.6 Å². The van der Waals surface area contributed by atoms with E-state index in [0.29, 0.717) is 17.4 Å². The van der Waals surface area contributed by atoms with Gasteiger partial charge in [0.25, 0.3) is 0 Å². The van der Waals surface area contributed by atoms with Gasteiger partial charge in [-0.2, -0.15) is 15.1 Å². The number of halogens is 1. The molecule has 0 spiro atoms. The second-order valence-electron chi connectivity index (χ2n) is 4.00. The molecule has 2 rings (SSSR count). The predicted octanol–water partition coefficient (Wildman–Crippen LogP) is 2.43. The first-order valence-corrected chi connectivity index (χ1v) is 5.49. The van der Waals surface area contributed by atoms with Crippen LogP contribution in [-0.4, -0.2) is 26.3 Å². The summed E-state index contributed by atoms with van der Waals surface area (Å²) in [6, 6.07) is 0. The number of H-pyrrole nitrogens is 1. The standard InChI is InChI=1S/C10H13ClN4O/c1-5(2)6(3)16-9-7-4-12-15-8(7)13-10(11)14-9/h4-6H,1-3H3,(H,12,13,14,15). The number of fused-ring (bicyclic) bond motifs is 1. The highest BCUT2D eigenvalue weighted by atomic mass is 35.5. The van der Waals surface area contributed by atoms with Gasteiger partial charge in [0.1, 0.15) is 5.39 Å². The summed E-state index contributed by atoms with van der Waals surface area (Å²) in [4.78, 5) is 8.07. The van der Waals surface area contributed by atoms with Gasteiger partial charge in [-0.3, -0.25) is 5.10 Å². The average Bonchev–Trinajstić information content (AvgIpc) is 2.65. The second kappa shape index (κ2) is 4.25. The minimum absolute atomic E-state index is 0.0593. The summed E-state index contributed by atoms with van der Waals surface area (Å²) in [7, 11) is 0. The zero-order valence-corrected chi connectivity index (χ0v) is 10.1. The molecule has 0 bridgehead atoms. The molecule has 2 heterocycles. The molecule has 1 atom stereocenters. The fraction of sp³-hybridized carbons (Fsp3) is 0.500. The maximum Gasteiger partial charge on any atom is 0.229 e. The highest BCUT2D eigenvalue weighted by Crippen LogP contribution is 2.24. The van der Waals surface area contributed by atoms with Gasteiger partial charge in [-0.25, -0.2) is 0 Å². The molecule has 0 amide bonds. The highest BCUT2D eigenvalue weighted by molar-refractivity contribution is 6.28. The molecule has 1 unspecified atom stereocenters. The van der Waals surface area contributed by atoms with Crippen LogP contribution in [0.5, 0.6) is 5.88 Å². The third kappa shape index (κ3) is 2.09. The summed E-state index contributed by atoms with van der Waals surface area (Å²) in [6.45, 7) is 6.16. The monoisotopic (exact) mass is 240 g/mol. The van der Waals surface area contributed by atoms with Gasteiger partial charge in [0, 0.05) is 0 Å². The van der Waals surface area contributed by atoms with Crippen LogP contribution in [0.25, 0.3) is 11.0 Å². The summed E-state index contributed by atoms with van der Waals surface area (Å²) in [5.74, 6) is 0.876. The maximum atomic E-state index is 5.79. The van der Waals surface area contributed by atoms with E-state index in [1.54, 1.807) is 6.20 Å². The van der Waals surface area contributed by atoms with E-state index in [9.17, 15) is 0 Å². The van der Waals surface area contributed by atoms with Crippen molar-refractivity contribution in [1.29, 1.82) is 0 Å². The minimum Gasteiger partial charge on any atom is -0.474 e. The topological polar surface area (TPSA) is 63.7 Å². The van der Waals surface area contributed by atoms with E-state index in [0.717, 1.165) is 5.39 Å². The molecule has 6 heteroatoms. The first kappa shape index (κ1) is 11.1. The van der Waals surface area contributed by atoms with Crippen LogP contribution in [0, 0.1) is 5.92 Å². The first-order chi connectivity index (χ1) is 7.58. The molecule has 0 aliphatic heterocycles. The van der Waals surface area contributed by atoms with Crippen molar-refractivity contribution in [2.24, 2.45) is 5.92 Å². The van der Waals surface area contributed by atoms with Gasteiger partial charge in [-0.05, 0) is 24.4 Å². The molecular weight excluding hydrogens is 228 g/mol. The quantitative estimate of drug-likeness (QED) is 0.837. The van der Waals surface area contributed by atoms with Gasteiger partial charge < -0.3 is 4.74 Å². The number of nitrogens with one attached hydrogen (secondary N) is 1. The Bertz CT molecular complexity index is 497. The Labute approximate surface area is 98.2 Å². The molecule has 1 N–H and O–H groups in total. The molecule has 0 radical (unpaired) electrons. The lowest BCUT2D eigenvalue weighted by atomic mass is 10.1. The molecule has 5 nitrogen and oxygen atoms in total. The zero-order valence-electron chi connectivity index (χ0n) is 9.36. The fourth-order valence-electron chi connectivity index (χ4n) is 1.18. The van der Waals surface area contributed by atoms with Gasteiger partial charge in [0.15, 0.2) is 5.65 Å². The van der Waals surface area contributed by atoms with Crippen LogP contribution in [0.15, 0.2) is 6.20 Å². The van der Waals surface area contributed by atoms with E-state index in [-0.39, 0.29) is 11.4 Å². The van der Waals surface area contributed by atoms with E-state index in [4.69, 9.17) is 16.3 Å². The Morgan fingerprint density at radius 3 is 2.75 bits per heavy atom. The van der Waals surface area contributed by atoms with E-state index in [2.05, 4.69) is 34.0 Å². The molecule has 0 aliphatic carbocycles. The molecule has 0 saturated heterocycles. The van der Waals surface area contributed by atoms with Gasteiger partial charge in [-0.15, -0.1) is 0 Å². The van der Waals surface area contributed by atoms with Gasteiger partial charge in [0.2, 0.25) is 11.2 Å². The average molecular weight is 241 g/mol. The minimum atomic E-state index is 0.0593. The van der Waals surface area contributed by atoms with Crippen molar-refractivity contribution in [2.75, 3.05) is 0 Å². The molecular formula is C10H13ClN4O. The molecule has 0 saturated carbocycles. The van der Waals surface area contributed by atoms with Crippen LogP contribution in [0.4, 0.5) is 0 Å². The van der Waals surface area contributed by atoms with Gasteiger partial charge in [-0.1, -0.05) is 13.8 Å². The van der Waals surface area contributed by atoms with E-state index in [1.807, 2.05) is 6.92 Å². The molecule has 2 aromatic heterocycles. The lowest BCUT2D eigenvalue weighted by Crippen LogP contribution is -2.19. The van der Waals surface area contributed by atoms with Gasteiger partial charge in [0.05, 0.1) is 12.3 Å². The smallest absolute Gasteiger partial charge is 0.229 e. The lowest BCUT2D eigenvalue weighted by molar-refractivity contribution is 0.166. The first-order valence-electron chi connectivity index (χ1n) is 5.11. The molecule has 0 fully saturated rings. The van der Waals surface area contributed by atoms with Crippen molar-refractivity contribution in [3.8, 4) is 5.88 Å². The summed E-state index contributed by atoms with van der Waals surface area (Å²) in [6.07, 6.45) is 1.69. The highest BCUT2D eigenvalue weighted by Gasteiger charge is 2.14. The number of aromatic nitrogens is 4. The largest absolute Gasteiger partial charge is 0.474 e. The van der Waals surface area contributed by atoms with Crippen molar-refractivity contribution in [3.63, 3.8) is 0 Å². The summed E-state index contributed by atoms with van der Waals surface area (Å²) >= 11 is 5.79. The Morgan fingerprint density at radius 2 is 2.06 bits per heavy atom. The van der Waals surface area contributed by atoms with Crippen molar-refractivity contribution in [2.45, 2.75) is 26.9 Å². The van der Waals surface area contributed by atoms with Crippen molar-refractivity contribution in [1.82, 2.24) is 20.2 Å². The molecule has 86 valence electrons. The molecule has 2 aromatic rings. The fourth-order valence-corrected chi connectivity index (χ4v) is 1.35. The van der Waals surface area contributed by atoms with Crippen LogP contribution in [0.2, 0.25) is 5.28 Å². The molecule has 0 aliphatic rings. The van der Waals surface area contributed by atoms with Crippen LogP contribution in [0.1, 0.15) is 20.8 Å². The number of ether oxygens (including phenoxy) is 1. The van der Waals surface area contributed by atoms with Crippen molar-refractivity contribution < 1.29 is 4.74 Å². The normalized spacial score (nSPS) is 13.3. The Kier molecular flexibility index (Phi) is 2.96. The van der Waals surface area contributed by atoms with Crippen LogP contribution in [0.3, 0.4) is 0 Å². The van der Waals surface area contributed by atoms with E-state index < -0.39 is 0 Å². The lowest BCUT2D eigenvalue weighted by Gasteiger charge is -2.17. The Hall–Kier alpha value is -1.36. The number of hydrogen-bond acceptors (Lipinski definition) is 4. The Balaban J connectivity index is 2.39. The number of rotatable bonds is 3. The summed E-state index contributed by atoms with van der Waals surface area (Å²) in [5.41, 5.74) is 0.589.